The highest BCUT2D eigenvalue weighted by Gasteiger charge is 2.58. The van der Waals surface area contributed by atoms with Crippen molar-refractivity contribution in [2.45, 2.75) is 160 Å². The van der Waals surface area contributed by atoms with Gasteiger partial charge in [-0.2, -0.15) is 5.06 Å². The Hall–Kier alpha value is -1.49. The lowest BCUT2D eigenvalue weighted by atomic mass is 9.45. The van der Waals surface area contributed by atoms with E-state index in [0.29, 0.717) is 56.5 Å². The number of nitrogens with zero attached hydrogens (tertiary/aromatic N) is 3. The van der Waals surface area contributed by atoms with Crippen LogP contribution in [0.2, 0.25) is 0 Å². The van der Waals surface area contributed by atoms with Crippen molar-refractivity contribution in [2.75, 3.05) is 67.2 Å². The summed E-state index contributed by atoms with van der Waals surface area (Å²) in [6.45, 7) is 9.54. The number of carbonyl (C=O) groups excluding carboxylic acids is 2. The SMILES string of the molecule is COC1C(CN2O[C@@H](CO)[C@H]([C@H](C)O)[C@H]2C(=O)N[C@H]2C[C@H]3C[C@@H]([C@@H]2C)C3(C)C)C(F)CCC1C1CC(C(=O)N[C@@H](CC2CCCCC2)CN(C)C)CC(N(CCO)CCO)C1. The number of aliphatic hydroxyl groups is 4. The minimum absolute atomic E-state index is 0.00236. The predicted octanol–water partition coefficient (Wildman–Crippen LogP) is 3.61. The summed E-state index contributed by atoms with van der Waals surface area (Å²) < 4.78 is 22.8. The molecule has 7 aliphatic rings. The Morgan fingerprint density at radius 1 is 0.967 bits per heavy atom. The number of fused-ring (bicyclic) bond motifs is 2. The molecule has 0 aromatic rings. The summed E-state index contributed by atoms with van der Waals surface area (Å²) in [5.41, 5.74) is 0.247. The minimum atomic E-state index is -1.25. The molecule has 1 heterocycles. The van der Waals surface area contributed by atoms with E-state index in [0.717, 1.165) is 25.8 Å². The normalized spacial score (nSPS) is 39.2. The van der Waals surface area contributed by atoms with Crippen molar-refractivity contribution >= 4 is 11.8 Å². The van der Waals surface area contributed by atoms with E-state index in [2.05, 4.69) is 41.2 Å². The maximum absolute atomic E-state index is 16.5. The third-order valence-corrected chi connectivity index (χ3v) is 17.1. The minimum Gasteiger partial charge on any atom is -0.395 e. The van der Waals surface area contributed by atoms with Crippen molar-refractivity contribution < 1.29 is 44.0 Å². The number of hydrogen-bond donors (Lipinski definition) is 6. The van der Waals surface area contributed by atoms with Crippen LogP contribution in [0.25, 0.3) is 0 Å². The molecule has 1 saturated heterocycles. The monoisotopic (exact) mass is 866 g/mol. The summed E-state index contributed by atoms with van der Waals surface area (Å²) in [7, 11) is 5.72. The van der Waals surface area contributed by atoms with Gasteiger partial charge in [0.25, 0.3) is 0 Å². The molecule has 13 nitrogen and oxygen atoms in total. The van der Waals surface area contributed by atoms with E-state index in [1.165, 1.54) is 38.5 Å². The van der Waals surface area contributed by atoms with Crippen LogP contribution in [0.1, 0.15) is 111 Å². The Bertz CT molecular complexity index is 1400. The molecule has 16 atom stereocenters. The number of likely N-dealkylation sites (N-methyl/N-ethyl adjacent to an activating group) is 1. The fourth-order valence-corrected chi connectivity index (χ4v) is 13.7. The third-order valence-electron chi connectivity index (χ3n) is 17.1. The largest absolute Gasteiger partial charge is 0.395 e. The second kappa shape index (κ2) is 21.7. The summed E-state index contributed by atoms with van der Waals surface area (Å²) >= 11 is 0. The lowest BCUT2D eigenvalue weighted by Gasteiger charge is -2.62. The lowest BCUT2D eigenvalue weighted by molar-refractivity contribution is -0.199. The van der Waals surface area contributed by atoms with E-state index in [-0.39, 0.29) is 78.8 Å². The molecule has 0 aromatic heterocycles. The molecule has 0 radical (unpaired) electrons. The van der Waals surface area contributed by atoms with Gasteiger partial charge in [-0.25, -0.2) is 4.39 Å². The van der Waals surface area contributed by atoms with Crippen LogP contribution in [0.4, 0.5) is 4.39 Å². The molecule has 61 heavy (non-hydrogen) atoms. The first-order valence-corrected chi connectivity index (χ1v) is 24.2. The van der Waals surface area contributed by atoms with Gasteiger partial charge >= 0.3 is 0 Å². The van der Waals surface area contributed by atoms with Crippen molar-refractivity contribution in [3.63, 3.8) is 0 Å². The average molecular weight is 866 g/mol. The quantitative estimate of drug-likeness (QED) is 0.112. The van der Waals surface area contributed by atoms with Crippen LogP contribution in [-0.2, 0) is 19.2 Å². The number of aliphatic hydroxyl groups excluding tert-OH is 4. The number of halogens is 1. The summed E-state index contributed by atoms with van der Waals surface area (Å²) in [6, 6.07) is -0.975. The van der Waals surface area contributed by atoms with Gasteiger partial charge < -0.3 is 40.7 Å². The molecule has 352 valence electrons. The number of amides is 2. The molecule has 0 aromatic carbocycles. The van der Waals surface area contributed by atoms with Crippen LogP contribution in [-0.4, -0.2) is 163 Å². The first-order chi connectivity index (χ1) is 29.1. The zero-order valence-electron chi connectivity index (χ0n) is 38.6. The van der Waals surface area contributed by atoms with E-state index < -0.39 is 49.0 Å². The summed E-state index contributed by atoms with van der Waals surface area (Å²) in [6.07, 6.45) is 8.44. The van der Waals surface area contributed by atoms with E-state index in [1.54, 1.807) is 19.1 Å². The number of ether oxygens (including phenoxy) is 1. The van der Waals surface area contributed by atoms with E-state index in [9.17, 15) is 30.0 Å². The number of rotatable bonds is 19. The Morgan fingerprint density at radius 2 is 1.67 bits per heavy atom. The van der Waals surface area contributed by atoms with E-state index in [1.807, 2.05) is 14.1 Å². The topological polar surface area (TPSA) is 167 Å². The average Bonchev–Trinajstić information content (AvgIpc) is 3.60. The van der Waals surface area contributed by atoms with Crippen LogP contribution in [0.15, 0.2) is 0 Å². The lowest BCUT2D eigenvalue weighted by Crippen LogP contribution is -2.62. The van der Waals surface area contributed by atoms with Crippen molar-refractivity contribution in [1.82, 2.24) is 25.5 Å². The maximum Gasteiger partial charge on any atom is 0.240 e. The molecule has 6 saturated carbocycles. The molecule has 14 heteroatoms. The van der Waals surface area contributed by atoms with Crippen LogP contribution in [0.3, 0.4) is 0 Å². The predicted molar refractivity (Wildman–Crippen MR) is 233 cm³/mol. The smallest absolute Gasteiger partial charge is 0.240 e. The molecule has 1 aliphatic heterocycles. The number of alkyl halides is 1. The van der Waals surface area contributed by atoms with Gasteiger partial charge in [0.1, 0.15) is 18.3 Å². The van der Waals surface area contributed by atoms with Crippen LogP contribution < -0.4 is 10.6 Å². The fraction of sp³-hybridized carbons (Fsp3) is 0.957. The van der Waals surface area contributed by atoms with E-state index >= 15 is 4.39 Å². The Morgan fingerprint density at radius 3 is 2.26 bits per heavy atom. The van der Waals surface area contributed by atoms with Gasteiger partial charge in [-0.05, 0) is 113 Å². The highest BCUT2D eigenvalue weighted by molar-refractivity contribution is 5.83. The first-order valence-electron chi connectivity index (χ1n) is 24.2. The second-order valence-corrected chi connectivity index (χ2v) is 21.4. The summed E-state index contributed by atoms with van der Waals surface area (Å²) in [4.78, 5) is 39.5. The standard InChI is InChI=1S/C47H84FN5O8/c1-28-38-23-33(47(38,3)4)24-40(28)50-46(59)43-42(29(2)57)41(27-56)61-53(43)26-37-39(48)14-13-36(44(37)60-7)31-20-32(22-35(21-31)52(15-17-54)16-18-55)45(58)49-34(25-51(5)6)19-30-11-9-8-10-12-30/h28-44,54-57H,8-27H2,1-7H3,(H,49,58)(H,50,59)/t28-,29-,31?,32?,33+,34-,35?,36?,37?,38-,39?,40-,41-,42-,43-,44?/m0/s1. The van der Waals surface area contributed by atoms with E-state index in [4.69, 9.17) is 9.57 Å². The van der Waals surface area contributed by atoms with Crippen LogP contribution >= 0.6 is 0 Å². The first kappa shape index (κ1) is 49.0. The molecule has 2 amide bonds. The van der Waals surface area contributed by atoms with Crippen LogP contribution in [0, 0.1) is 58.7 Å². The molecule has 2 bridgehead atoms. The van der Waals surface area contributed by atoms with Gasteiger partial charge in [-0.15, -0.1) is 0 Å². The molecule has 6 N–H and O–H groups in total. The third kappa shape index (κ3) is 11.1. The zero-order chi connectivity index (χ0) is 44.2. The van der Waals surface area contributed by atoms with Gasteiger partial charge in [-0.3, -0.25) is 19.3 Å². The number of hydrogen-bond acceptors (Lipinski definition) is 11. The van der Waals surface area contributed by atoms with Crippen molar-refractivity contribution in [3.05, 3.63) is 0 Å². The molecule has 7 fully saturated rings. The highest BCUT2D eigenvalue weighted by atomic mass is 19.1. The second-order valence-electron chi connectivity index (χ2n) is 21.4. The zero-order valence-corrected chi connectivity index (χ0v) is 38.6. The van der Waals surface area contributed by atoms with Crippen molar-refractivity contribution in [2.24, 2.45) is 58.7 Å². The van der Waals surface area contributed by atoms with Gasteiger partial charge in [0, 0.05) is 69.2 Å². The Kier molecular flexibility index (Phi) is 17.4. The summed E-state index contributed by atoms with van der Waals surface area (Å²) in [5.74, 6) is -0.0652. The molecular weight excluding hydrogens is 782 g/mol. The summed E-state index contributed by atoms with van der Waals surface area (Å²) in [5, 5.41) is 50.0. The van der Waals surface area contributed by atoms with Crippen molar-refractivity contribution in [3.8, 4) is 0 Å². The van der Waals surface area contributed by atoms with Gasteiger partial charge in [0.2, 0.25) is 11.8 Å². The molecular formula is C47H84FN5O8. The van der Waals surface area contributed by atoms with Gasteiger partial charge in [0.15, 0.2) is 0 Å². The molecule has 7 rings (SSSR count). The number of carbonyl (C=O) groups is 2. The molecule has 0 spiro atoms. The number of methoxy groups -OCH3 is 1. The Labute approximate surface area is 366 Å². The highest BCUT2D eigenvalue weighted by Crippen LogP contribution is 2.61. The van der Waals surface area contributed by atoms with Crippen molar-refractivity contribution in [1.29, 1.82) is 0 Å². The van der Waals surface area contributed by atoms with Gasteiger partial charge in [0.05, 0.1) is 32.0 Å². The molecule has 6 aliphatic carbocycles. The fourth-order valence-electron chi connectivity index (χ4n) is 13.7. The molecule has 7 unspecified atom stereocenters. The van der Waals surface area contributed by atoms with Crippen LogP contribution in [0.5, 0.6) is 0 Å². The number of nitrogens with one attached hydrogen (secondary N) is 2. The maximum atomic E-state index is 16.5. The number of hydroxylamine groups is 2. The van der Waals surface area contributed by atoms with Gasteiger partial charge in [-0.1, -0.05) is 52.9 Å². The Balaban J connectivity index is 1.22.